The summed E-state index contributed by atoms with van der Waals surface area (Å²) in [5.74, 6) is 0.946. The number of hydrogen-bond acceptors (Lipinski definition) is 6. The first-order valence-corrected chi connectivity index (χ1v) is 12.5. The quantitative estimate of drug-likeness (QED) is 0.577. The van der Waals surface area contributed by atoms with Crippen molar-refractivity contribution in [2.75, 3.05) is 31.5 Å². The predicted octanol–water partition coefficient (Wildman–Crippen LogP) is 2.71. The Labute approximate surface area is 201 Å². The average molecular weight is 468 g/mol. The monoisotopic (exact) mass is 467 g/mol. The second kappa shape index (κ2) is 11.0. The summed E-state index contributed by atoms with van der Waals surface area (Å²) in [5.41, 5.74) is 6.45. The van der Waals surface area contributed by atoms with E-state index in [0.717, 1.165) is 36.8 Å². The van der Waals surface area contributed by atoms with Crippen LogP contribution in [0, 0.1) is 5.92 Å². The SMILES string of the molecule is CC(C)[C@H](Nc1nc(CN2CCN(C(=O)NC3CCCCC3)CC2)nc2ccccc12)C(N)=O. The van der Waals surface area contributed by atoms with Crippen LogP contribution in [0.25, 0.3) is 10.9 Å². The fraction of sp³-hybridized carbons (Fsp3) is 0.600. The maximum atomic E-state index is 12.7. The van der Waals surface area contributed by atoms with Gasteiger partial charge >= 0.3 is 6.03 Å². The predicted molar refractivity (Wildman–Crippen MR) is 133 cm³/mol. The smallest absolute Gasteiger partial charge is 0.317 e. The van der Waals surface area contributed by atoms with E-state index in [9.17, 15) is 9.59 Å². The highest BCUT2D eigenvalue weighted by molar-refractivity contribution is 5.91. The number of benzene rings is 1. The van der Waals surface area contributed by atoms with E-state index in [1.807, 2.05) is 43.0 Å². The van der Waals surface area contributed by atoms with Crippen molar-refractivity contribution in [1.29, 1.82) is 0 Å². The summed E-state index contributed by atoms with van der Waals surface area (Å²) in [6.45, 7) is 7.41. The van der Waals surface area contributed by atoms with Gasteiger partial charge in [0.25, 0.3) is 0 Å². The molecule has 1 saturated carbocycles. The molecule has 4 N–H and O–H groups in total. The number of nitrogens with two attached hydrogens (primary N) is 1. The van der Waals surface area contributed by atoms with Gasteiger partial charge in [-0.15, -0.1) is 0 Å². The first-order chi connectivity index (χ1) is 16.4. The standard InChI is InChI=1S/C25H37N7O2/c1-17(2)22(23(26)33)30-24-19-10-6-7-11-20(19)28-21(29-24)16-31-12-14-32(15-13-31)25(34)27-18-8-4-3-5-9-18/h6-7,10-11,17-18,22H,3-5,8-9,12-16H2,1-2H3,(H2,26,33)(H,27,34)(H,28,29,30)/t22-/m0/s1. The molecule has 0 spiro atoms. The Bertz CT molecular complexity index is 998. The maximum absolute atomic E-state index is 12.7. The molecule has 2 aliphatic rings. The van der Waals surface area contributed by atoms with E-state index in [1.54, 1.807) is 0 Å². The number of fused-ring (bicyclic) bond motifs is 1. The van der Waals surface area contributed by atoms with Gasteiger partial charge < -0.3 is 21.3 Å². The Hall–Kier alpha value is -2.94. The van der Waals surface area contributed by atoms with Crippen LogP contribution in [0.4, 0.5) is 10.6 Å². The molecule has 1 aromatic carbocycles. The largest absolute Gasteiger partial charge is 0.368 e. The lowest BCUT2D eigenvalue weighted by Crippen LogP contribution is -2.53. The Morgan fingerprint density at radius 2 is 1.76 bits per heavy atom. The van der Waals surface area contributed by atoms with Crippen molar-refractivity contribution in [3.63, 3.8) is 0 Å². The molecule has 184 valence electrons. The van der Waals surface area contributed by atoms with E-state index >= 15 is 0 Å². The number of nitrogens with zero attached hydrogens (tertiary/aromatic N) is 4. The molecule has 34 heavy (non-hydrogen) atoms. The van der Waals surface area contributed by atoms with Crippen LogP contribution in [-0.4, -0.2) is 70.0 Å². The second-order valence-corrected chi connectivity index (χ2v) is 9.82. The molecule has 0 bridgehead atoms. The van der Waals surface area contributed by atoms with Crippen molar-refractivity contribution in [2.24, 2.45) is 11.7 Å². The van der Waals surface area contributed by atoms with Crippen LogP contribution in [-0.2, 0) is 11.3 Å². The van der Waals surface area contributed by atoms with Crippen LogP contribution >= 0.6 is 0 Å². The molecular formula is C25H37N7O2. The van der Waals surface area contributed by atoms with Crippen molar-refractivity contribution in [3.05, 3.63) is 30.1 Å². The zero-order chi connectivity index (χ0) is 24.1. The molecule has 9 nitrogen and oxygen atoms in total. The summed E-state index contributed by atoms with van der Waals surface area (Å²) < 4.78 is 0. The third-order valence-electron chi connectivity index (χ3n) is 6.87. The van der Waals surface area contributed by atoms with Gasteiger partial charge in [0.05, 0.1) is 12.1 Å². The van der Waals surface area contributed by atoms with Crippen molar-refractivity contribution in [1.82, 2.24) is 25.1 Å². The Balaban J connectivity index is 1.40. The molecule has 2 fully saturated rings. The second-order valence-electron chi connectivity index (χ2n) is 9.82. The fourth-order valence-electron chi connectivity index (χ4n) is 4.84. The summed E-state index contributed by atoms with van der Waals surface area (Å²) in [6, 6.07) is 7.65. The summed E-state index contributed by atoms with van der Waals surface area (Å²) in [6.07, 6.45) is 5.88. The number of hydrogen-bond donors (Lipinski definition) is 3. The Morgan fingerprint density at radius 1 is 1.06 bits per heavy atom. The van der Waals surface area contributed by atoms with Gasteiger partial charge in [-0.2, -0.15) is 0 Å². The number of aromatic nitrogens is 2. The zero-order valence-electron chi connectivity index (χ0n) is 20.3. The van der Waals surface area contributed by atoms with Crippen molar-refractivity contribution >= 4 is 28.7 Å². The molecule has 2 heterocycles. The number of anilines is 1. The summed E-state index contributed by atoms with van der Waals surface area (Å²) >= 11 is 0. The van der Waals surface area contributed by atoms with E-state index in [-0.39, 0.29) is 11.9 Å². The third-order valence-corrected chi connectivity index (χ3v) is 6.87. The van der Waals surface area contributed by atoms with Gasteiger partial charge in [0.1, 0.15) is 17.7 Å². The highest BCUT2D eigenvalue weighted by Crippen LogP contribution is 2.23. The minimum Gasteiger partial charge on any atom is -0.368 e. The molecule has 0 unspecified atom stereocenters. The van der Waals surface area contributed by atoms with Crippen LogP contribution in [0.3, 0.4) is 0 Å². The first-order valence-electron chi connectivity index (χ1n) is 12.5. The van der Waals surface area contributed by atoms with Gasteiger partial charge in [-0.25, -0.2) is 14.8 Å². The Kier molecular flexibility index (Phi) is 7.82. The van der Waals surface area contributed by atoms with Gasteiger partial charge in [-0.05, 0) is 30.9 Å². The van der Waals surface area contributed by atoms with Crippen LogP contribution in [0.2, 0.25) is 0 Å². The fourth-order valence-corrected chi connectivity index (χ4v) is 4.84. The zero-order valence-corrected chi connectivity index (χ0v) is 20.3. The van der Waals surface area contributed by atoms with Gasteiger partial charge in [-0.3, -0.25) is 9.69 Å². The number of carbonyl (C=O) groups excluding carboxylic acids is 2. The molecule has 9 heteroatoms. The van der Waals surface area contributed by atoms with Crippen molar-refractivity contribution in [3.8, 4) is 0 Å². The number of primary amides is 1. The van der Waals surface area contributed by atoms with E-state index in [0.29, 0.717) is 37.3 Å². The minimum absolute atomic E-state index is 0.0301. The average Bonchev–Trinajstić information content (AvgIpc) is 2.83. The van der Waals surface area contributed by atoms with Crippen molar-refractivity contribution < 1.29 is 9.59 Å². The molecule has 1 aromatic heterocycles. The van der Waals surface area contributed by atoms with E-state index in [4.69, 9.17) is 15.7 Å². The molecule has 0 radical (unpaired) electrons. The number of amides is 3. The highest BCUT2D eigenvalue weighted by atomic mass is 16.2. The lowest BCUT2D eigenvalue weighted by atomic mass is 9.96. The molecule has 4 rings (SSSR count). The molecule has 3 amide bonds. The van der Waals surface area contributed by atoms with E-state index in [2.05, 4.69) is 15.5 Å². The van der Waals surface area contributed by atoms with Crippen LogP contribution < -0.4 is 16.4 Å². The van der Waals surface area contributed by atoms with Gasteiger partial charge in [-0.1, -0.05) is 45.2 Å². The Morgan fingerprint density at radius 3 is 2.44 bits per heavy atom. The number of para-hydroxylation sites is 1. The summed E-state index contributed by atoms with van der Waals surface area (Å²) in [5, 5.41) is 7.33. The number of piperazine rings is 1. The highest BCUT2D eigenvalue weighted by Gasteiger charge is 2.25. The number of nitrogens with one attached hydrogen (secondary N) is 2. The molecule has 1 aliphatic heterocycles. The normalized spacial score (nSPS) is 18.7. The molecular weight excluding hydrogens is 430 g/mol. The van der Waals surface area contributed by atoms with Crippen LogP contribution in [0.5, 0.6) is 0 Å². The minimum atomic E-state index is -0.516. The molecule has 1 saturated heterocycles. The van der Waals surface area contributed by atoms with Gasteiger partial charge in [0.2, 0.25) is 5.91 Å². The number of rotatable bonds is 7. The van der Waals surface area contributed by atoms with Crippen LogP contribution in [0.1, 0.15) is 51.8 Å². The summed E-state index contributed by atoms with van der Waals surface area (Å²) in [4.78, 5) is 38.3. The van der Waals surface area contributed by atoms with Crippen LogP contribution in [0.15, 0.2) is 24.3 Å². The molecule has 2 aromatic rings. The van der Waals surface area contributed by atoms with Gasteiger partial charge in [0.15, 0.2) is 0 Å². The van der Waals surface area contributed by atoms with Gasteiger partial charge in [0, 0.05) is 37.6 Å². The number of urea groups is 1. The van der Waals surface area contributed by atoms with E-state index in [1.165, 1.54) is 19.3 Å². The lowest BCUT2D eigenvalue weighted by molar-refractivity contribution is -0.119. The first kappa shape index (κ1) is 24.2. The number of carbonyl (C=O) groups is 2. The lowest BCUT2D eigenvalue weighted by Gasteiger charge is -2.35. The summed E-state index contributed by atoms with van der Waals surface area (Å²) in [7, 11) is 0. The maximum Gasteiger partial charge on any atom is 0.317 e. The molecule has 1 aliphatic carbocycles. The van der Waals surface area contributed by atoms with E-state index < -0.39 is 11.9 Å². The molecule has 1 atom stereocenters. The topological polar surface area (TPSA) is 116 Å². The van der Waals surface area contributed by atoms with Crippen molar-refractivity contribution in [2.45, 2.75) is 64.6 Å². The third kappa shape index (κ3) is 5.94.